The largest absolute Gasteiger partial charge is 0.508 e. The molecule has 774 valence electrons. The Labute approximate surface area is 828 Å². The van der Waals surface area contributed by atoms with Crippen LogP contribution in [0.1, 0.15) is 122 Å². The lowest BCUT2D eigenvalue weighted by Crippen LogP contribution is -2.58. The Bertz CT molecular complexity index is 5610. The van der Waals surface area contributed by atoms with Crippen molar-refractivity contribution >= 4 is 114 Å². The monoisotopic (exact) mass is 2030 g/mol. The molecule has 43 heteroatoms. The molecule has 0 bridgehead atoms. The summed E-state index contributed by atoms with van der Waals surface area (Å²) in [6, 6.07) is 31.9. The van der Waals surface area contributed by atoms with Crippen molar-refractivity contribution in [3.8, 4) is 86.2 Å². The molecule has 0 spiro atoms. The van der Waals surface area contributed by atoms with E-state index in [0.717, 1.165) is 48.6 Å². The Morgan fingerprint density at radius 1 is 0.247 bits per heavy atom. The minimum absolute atomic E-state index is 0.0191. The van der Waals surface area contributed by atoms with Gasteiger partial charge in [0.25, 0.3) is 0 Å². The second kappa shape index (κ2) is 49.3. The molecule has 0 saturated heterocycles. The highest BCUT2D eigenvalue weighted by Crippen LogP contribution is 2.43. The highest BCUT2D eigenvalue weighted by Gasteiger charge is 2.55. The third-order valence-corrected chi connectivity index (χ3v) is 23.2. The number of aliphatic carboxylic acids is 3. The van der Waals surface area contributed by atoms with E-state index >= 15 is 0 Å². The summed E-state index contributed by atoms with van der Waals surface area (Å²) in [6.07, 6.45) is 0.930. The predicted octanol–water partition coefficient (Wildman–Crippen LogP) is 8.21. The van der Waals surface area contributed by atoms with Gasteiger partial charge < -0.3 is 160 Å². The van der Waals surface area contributed by atoms with Crippen molar-refractivity contribution in [2.24, 2.45) is 11.3 Å². The second-order valence-corrected chi connectivity index (χ2v) is 34.8. The van der Waals surface area contributed by atoms with Gasteiger partial charge in [0.05, 0.1) is 11.0 Å². The average Bonchev–Trinajstić information content (AvgIpc) is 0.741. The van der Waals surface area contributed by atoms with Crippen molar-refractivity contribution < 1.29 is 213 Å². The highest BCUT2D eigenvalue weighted by atomic mass is 16.6. The van der Waals surface area contributed by atoms with Crippen LogP contribution in [0, 0.1) is 18.3 Å². The minimum Gasteiger partial charge on any atom is -0.508 e. The average molecular weight is 2030 g/mol. The molecule has 10 atom stereocenters. The SMILES string of the molecule is CC1(C(=O)O)C[C@@H](OC(=O)/C=C/c2ccc(O)c(O)c2)C(O)[C@H](OC(=O)/C=C/c2ccc(O)c(O)c2)C1.CC1(O)C[C@@H](OC(=O)/C=C/c2ccc(O)c(O)c2)C(O)[C@H](OC(=O)/C=C/c2ccc(O)c(O)c2)C1.CC1[C@H](OC(=O)/C=C/c2ccc(O)c(O)c2)CC(O)(C(=O)O)C[C@H]1OC(=O)/C=C/c1ccc(O)c(O)c1.Cc1ccc(/C=C/C(=O)O[C@@H]2C[C@@](O)(C(=O)O)C[C@@H](OC(=O)/C=C/c3ccc(O)c(O)c3)[C@@H]2O)cc1O. The van der Waals surface area contributed by atoms with E-state index in [0.29, 0.717) is 50.1 Å². The van der Waals surface area contributed by atoms with Crippen LogP contribution in [-0.2, 0) is 90.6 Å². The number of rotatable bonds is 27. The number of aliphatic hydroxyl groups excluding tert-OH is 3. The molecule has 12 rings (SSSR count). The van der Waals surface area contributed by atoms with Gasteiger partial charge in [-0.25, -0.2) is 47.9 Å². The van der Waals surface area contributed by atoms with Gasteiger partial charge in [-0.3, -0.25) is 4.79 Å². The van der Waals surface area contributed by atoms with Crippen LogP contribution in [0.3, 0.4) is 0 Å². The first-order valence-corrected chi connectivity index (χ1v) is 44.0. The van der Waals surface area contributed by atoms with E-state index in [9.17, 15) is 175 Å². The van der Waals surface area contributed by atoms with Gasteiger partial charge in [-0.05, 0) is 210 Å². The fraction of sp³-hybridized carbons (Fsp3) is 0.272. The van der Waals surface area contributed by atoms with Crippen LogP contribution in [0.5, 0.6) is 86.2 Å². The van der Waals surface area contributed by atoms with Crippen molar-refractivity contribution in [3.05, 3.63) is 244 Å². The molecule has 0 radical (unpaired) electrons. The molecule has 0 heterocycles. The van der Waals surface area contributed by atoms with Gasteiger partial charge in [-0.1, -0.05) is 61.5 Å². The number of carboxylic acid groups (broad SMARTS) is 3. The summed E-state index contributed by atoms with van der Waals surface area (Å²) in [5.41, 5.74) is -3.88. The fourth-order valence-corrected chi connectivity index (χ4v) is 15.0. The van der Waals surface area contributed by atoms with Crippen molar-refractivity contribution in [2.45, 2.75) is 163 Å². The molecular weight excluding hydrogens is 1930 g/mol. The summed E-state index contributed by atoms with van der Waals surface area (Å²) < 4.78 is 42.1. The van der Waals surface area contributed by atoms with Gasteiger partial charge in [0, 0.05) is 106 Å². The minimum atomic E-state index is -2.45. The number of aryl methyl sites for hydroxylation is 1. The van der Waals surface area contributed by atoms with E-state index in [1.54, 1.807) is 26.0 Å². The van der Waals surface area contributed by atoms with Crippen LogP contribution in [0.2, 0.25) is 0 Å². The van der Waals surface area contributed by atoms with Crippen LogP contribution < -0.4 is 0 Å². The summed E-state index contributed by atoms with van der Waals surface area (Å²) in [4.78, 5) is 134. The summed E-state index contributed by atoms with van der Waals surface area (Å²) in [7, 11) is 0. The fourth-order valence-electron chi connectivity index (χ4n) is 15.0. The number of aliphatic hydroxyl groups is 6. The number of aromatic hydroxyl groups is 15. The normalized spacial score (nSPS) is 23.9. The van der Waals surface area contributed by atoms with E-state index in [-0.39, 0.29) is 94.7 Å². The highest BCUT2D eigenvalue weighted by molar-refractivity contribution is 5.93. The van der Waals surface area contributed by atoms with Crippen LogP contribution >= 0.6 is 0 Å². The zero-order chi connectivity index (χ0) is 108. The molecule has 0 amide bonds. The number of carbonyl (C=O) groups excluding carboxylic acids is 8. The summed E-state index contributed by atoms with van der Waals surface area (Å²) in [6.45, 7) is 6.13. The quantitative estimate of drug-likeness (QED) is 0.00997. The number of hydrogen-bond donors (Lipinski definition) is 24. The van der Waals surface area contributed by atoms with Gasteiger partial charge >= 0.3 is 65.7 Å². The Morgan fingerprint density at radius 2 is 0.418 bits per heavy atom. The lowest BCUT2D eigenvalue weighted by molar-refractivity contribution is -0.203. The molecule has 4 aliphatic rings. The van der Waals surface area contributed by atoms with E-state index in [1.807, 2.05) is 0 Å². The second-order valence-electron chi connectivity index (χ2n) is 34.8. The lowest BCUT2D eigenvalue weighted by atomic mass is 9.72. The lowest BCUT2D eigenvalue weighted by Gasteiger charge is -2.41. The molecule has 24 N–H and O–H groups in total. The van der Waals surface area contributed by atoms with Gasteiger partial charge in [0.15, 0.2) is 91.7 Å². The number of phenols is 15. The Kier molecular flexibility index (Phi) is 37.9. The maximum absolute atomic E-state index is 12.4. The van der Waals surface area contributed by atoms with Crippen LogP contribution in [0.15, 0.2) is 194 Å². The van der Waals surface area contributed by atoms with Crippen LogP contribution in [-0.4, -0.2) is 272 Å². The molecule has 0 unspecified atom stereocenters. The van der Waals surface area contributed by atoms with E-state index in [4.69, 9.17) is 37.9 Å². The van der Waals surface area contributed by atoms with E-state index < -0.39 is 204 Å². The first kappa shape index (κ1) is 112. The first-order valence-electron chi connectivity index (χ1n) is 44.0. The molecule has 43 nitrogen and oxygen atoms in total. The molecule has 8 aromatic carbocycles. The van der Waals surface area contributed by atoms with Gasteiger partial charge in [0.1, 0.15) is 72.9 Å². The van der Waals surface area contributed by atoms with Gasteiger partial charge in [-0.2, -0.15) is 0 Å². The maximum atomic E-state index is 12.4. The van der Waals surface area contributed by atoms with Crippen LogP contribution in [0.25, 0.3) is 48.6 Å². The van der Waals surface area contributed by atoms with Crippen molar-refractivity contribution in [1.29, 1.82) is 0 Å². The molecule has 4 aliphatic carbocycles. The van der Waals surface area contributed by atoms with Gasteiger partial charge in [0.2, 0.25) is 0 Å². The number of phenolic OH excluding ortho intramolecular Hbond substituents is 15. The third kappa shape index (κ3) is 32.3. The number of carbonyl (C=O) groups is 11. The van der Waals surface area contributed by atoms with Crippen LogP contribution in [0.4, 0.5) is 0 Å². The van der Waals surface area contributed by atoms with Crippen molar-refractivity contribution in [1.82, 2.24) is 0 Å². The van der Waals surface area contributed by atoms with E-state index in [2.05, 4.69) is 0 Å². The number of benzene rings is 8. The zero-order valence-electron chi connectivity index (χ0n) is 77.7. The van der Waals surface area contributed by atoms with E-state index in [1.165, 1.54) is 196 Å². The molecule has 146 heavy (non-hydrogen) atoms. The Hall–Kier alpha value is -17.4. The molecular formula is C103H104O43. The smallest absolute Gasteiger partial charge is 0.335 e. The molecule has 4 saturated carbocycles. The summed E-state index contributed by atoms with van der Waals surface area (Å²) >= 11 is 0. The number of carboxylic acids is 3. The Balaban J connectivity index is 0.000000217. The maximum Gasteiger partial charge on any atom is 0.335 e. The zero-order valence-corrected chi connectivity index (χ0v) is 77.7. The standard InChI is InChI=1S/3C26H26O11.C25H26O10/c1-26(25(34)35)12-20(36-22(31)8-4-14-2-6-16(27)18(29)10-14)24(33)21(13-26)37-23(32)9-5-15-3-7-17(28)19(30)11-15;1-14-21(36-23(31)8-4-15-2-6-17(27)19(29)10-15)12-26(35,25(33)34)13-22(14)37-24(32)9-5-16-3-7-18(28)20(30)11-16;1-14-2-3-15(10-18(14)28)5-8-22(30)36-20-12-26(35,25(33)34)13-21(24(20)32)37-23(31)9-6-16-4-7-17(27)19(29)11-16;1-25(33)12-20(34-22(30)8-4-14-2-6-16(26)18(28)10-14)24(32)21(13-25)35-23(31)9-5-15-3-7-17(27)19(29)11-15/h2-11,20-21,24,27-30,33H,12-13H2,1H3,(H,34,35);2-11,14,21-22,27-30,35H,12-13H2,1H3,(H,33,34);2-11,20-21,24,27-29,32,35H,12-13H2,1H3,(H,33,34);2-11,20-21,24,26-29,32-33H,12-13H2,1H3/b2*8-4+,9-5+;8-5+,9-6+;8-4+,9-5+/t20-,21-,24?,26?;14?,21-,22-,26?;20-,21-,24-,26+;20-,21-,24?,25?/m1111/s1. The van der Waals surface area contributed by atoms with Crippen molar-refractivity contribution in [3.63, 3.8) is 0 Å². The topological polar surface area (TPSA) is 747 Å². The molecule has 0 aliphatic heterocycles. The number of hydrogen-bond acceptors (Lipinski definition) is 40. The summed E-state index contributed by atoms with van der Waals surface area (Å²) in [5.74, 6) is -17.3. The first-order chi connectivity index (χ1) is 68.6. The molecule has 0 aromatic heterocycles. The molecule has 8 aromatic rings. The van der Waals surface area contributed by atoms with Crippen molar-refractivity contribution in [2.75, 3.05) is 0 Å². The van der Waals surface area contributed by atoms with Gasteiger partial charge in [-0.15, -0.1) is 0 Å². The predicted molar refractivity (Wildman–Crippen MR) is 508 cm³/mol. The molecule has 4 fully saturated rings. The number of esters is 8. The number of ether oxygens (including phenoxy) is 8. The Morgan fingerprint density at radius 3 is 0.603 bits per heavy atom. The third-order valence-electron chi connectivity index (χ3n) is 23.2. The summed E-state index contributed by atoms with van der Waals surface area (Å²) in [5, 5.41) is 234.